The number of benzene rings is 1. The van der Waals surface area contributed by atoms with Crippen LogP contribution in [0, 0.1) is 0 Å². The van der Waals surface area contributed by atoms with E-state index in [2.05, 4.69) is 16.7 Å². The molecule has 2 aliphatic rings. The first-order valence-corrected chi connectivity index (χ1v) is 7.13. The van der Waals surface area contributed by atoms with E-state index in [1.165, 1.54) is 11.1 Å². The Bertz CT molecular complexity index is 484. The maximum absolute atomic E-state index is 12.3. The van der Waals surface area contributed by atoms with Crippen molar-refractivity contribution in [1.29, 1.82) is 0 Å². The number of carbonyl (C=O) groups is 1. The van der Waals surface area contributed by atoms with Gasteiger partial charge < -0.3 is 20.1 Å². The van der Waals surface area contributed by atoms with E-state index < -0.39 is 0 Å². The van der Waals surface area contributed by atoms with Crippen LogP contribution in [0.3, 0.4) is 0 Å². The molecule has 1 aromatic rings. The maximum Gasteiger partial charge on any atom is 0.251 e. The maximum atomic E-state index is 12.3. The Kier molecular flexibility index (Phi) is 4.30. The molecule has 0 saturated carbocycles. The highest BCUT2D eigenvalue weighted by Crippen LogP contribution is 2.18. The van der Waals surface area contributed by atoms with E-state index in [0.717, 1.165) is 25.1 Å². The molecule has 2 N–H and O–H groups in total. The fourth-order valence-corrected chi connectivity index (χ4v) is 2.70. The second kappa shape index (κ2) is 6.35. The summed E-state index contributed by atoms with van der Waals surface area (Å²) in [6.45, 7) is 4.07. The Morgan fingerprint density at radius 1 is 1.40 bits per heavy atom. The van der Waals surface area contributed by atoms with Gasteiger partial charge in [0.05, 0.1) is 25.9 Å². The third-order valence-electron chi connectivity index (χ3n) is 3.76. The van der Waals surface area contributed by atoms with Crippen molar-refractivity contribution >= 4 is 5.91 Å². The van der Waals surface area contributed by atoms with E-state index in [-0.39, 0.29) is 12.0 Å². The van der Waals surface area contributed by atoms with E-state index in [1.807, 2.05) is 12.1 Å². The molecule has 5 heteroatoms. The molecule has 3 rings (SSSR count). The molecule has 108 valence electrons. The molecule has 1 saturated heterocycles. The first kappa shape index (κ1) is 13.5. The van der Waals surface area contributed by atoms with Crippen LogP contribution in [0.1, 0.15) is 21.5 Å². The molecule has 2 aliphatic heterocycles. The van der Waals surface area contributed by atoms with Gasteiger partial charge in [-0.05, 0) is 30.2 Å². The zero-order chi connectivity index (χ0) is 13.8. The van der Waals surface area contributed by atoms with Gasteiger partial charge in [-0.1, -0.05) is 12.1 Å². The predicted octanol–water partition coefficient (Wildman–Crippen LogP) is 0.477. The number of hydrogen-bond acceptors (Lipinski definition) is 4. The molecule has 1 amide bonds. The fourth-order valence-electron chi connectivity index (χ4n) is 2.70. The number of carbonyl (C=O) groups excluding carboxylic acids is 1. The van der Waals surface area contributed by atoms with E-state index in [9.17, 15) is 4.79 Å². The summed E-state index contributed by atoms with van der Waals surface area (Å²) < 4.78 is 10.9. The number of fused-ring (bicyclic) bond motifs is 1. The predicted molar refractivity (Wildman–Crippen MR) is 74.7 cm³/mol. The summed E-state index contributed by atoms with van der Waals surface area (Å²) in [5, 5.41) is 6.28. The van der Waals surface area contributed by atoms with Gasteiger partial charge in [-0.2, -0.15) is 0 Å². The van der Waals surface area contributed by atoms with Crippen LogP contribution >= 0.6 is 0 Å². The Morgan fingerprint density at radius 3 is 3.20 bits per heavy atom. The van der Waals surface area contributed by atoms with Gasteiger partial charge in [0.25, 0.3) is 5.91 Å². The van der Waals surface area contributed by atoms with Crippen molar-refractivity contribution in [3.05, 3.63) is 34.9 Å². The third kappa shape index (κ3) is 3.00. The zero-order valence-electron chi connectivity index (χ0n) is 11.5. The Labute approximate surface area is 118 Å². The molecule has 1 aromatic carbocycles. The molecule has 5 nitrogen and oxygen atoms in total. The van der Waals surface area contributed by atoms with Gasteiger partial charge >= 0.3 is 0 Å². The lowest BCUT2D eigenvalue weighted by Gasteiger charge is -2.24. The lowest BCUT2D eigenvalue weighted by molar-refractivity contribution is -0.0855. The van der Waals surface area contributed by atoms with E-state index in [1.54, 1.807) is 0 Å². The molecule has 2 heterocycles. The molecule has 20 heavy (non-hydrogen) atoms. The number of nitrogens with one attached hydrogen (secondary N) is 2. The average molecular weight is 276 g/mol. The lowest BCUT2D eigenvalue weighted by atomic mass is 9.95. The SMILES string of the molecule is O=C(NCC1COCCO1)c1cccc2c1CCNC2. The van der Waals surface area contributed by atoms with Crippen LogP contribution in [0.2, 0.25) is 0 Å². The van der Waals surface area contributed by atoms with Crippen LogP contribution in [0.5, 0.6) is 0 Å². The van der Waals surface area contributed by atoms with Gasteiger partial charge in [0.1, 0.15) is 0 Å². The Hall–Kier alpha value is -1.43. The molecular weight excluding hydrogens is 256 g/mol. The smallest absolute Gasteiger partial charge is 0.251 e. The molecule has 0 spiro atoms. The zero-order valence-corrected chi connectivity index (χ0v) is 11.5. The first-order valence-electron chi connectivity index (χ1n) is 7.13. The first-order chi connectivity index (χ1) is 9.84. The average Bonchev–Trinajstić information content (AvgIpc) is 2.53. The molecular formula is C15H20N2O3. The van der Waals surface area contributed by atoms with Crippen LogP contribution in [-0.4, -0.2) is 44.9 Å². The summed E-state index contributed by atoms with van der Waals surface area (Å²) in [6.07, 6.45) is 0.871. The van der Waals surface area contributed by atoms with Crippen LogP contribution < -0.4 is 10.6 Å². The summed E-state index contributed by atoms with van der Waals surface area (Å²) in [4.78, 5) is 12.3. The summed E-state index contributed by atoms with van der Waals surface area (Å²) >= 11 is 0. The van der Waals surface area contributed by atoms with Crippen molar-refractivity contribution in [2.45, 2.75) is 19.1 Å². The van der Waals surface area contributed by atoms with Gasteiger partial charge in [0, 0.05) is 18.7 Å². The van der Waals surface area contributed by atoms with Crippen molar-refractivity contribution in [2.24, 2.45) is 0 Å². The summed E-state index contributed by atoms with van der Waals surface area (Å²) in [7, 11) is 0. The van der Waals surface area contributed by atoms with Crippen LogP contribution in [0.15, 0.2) is 18.2 Å². The van der Waals surface area contributed by atoms with Crippen molar-refractivity contribution in [2.75, 3.05) is 32.9 Å². The fraction of sp³-hybridized carbons (Fsp3) is 0.533. The van der Waals surface area contributed by atoms with Gasteiger partial charge in [-0.25, -0.2) is 0 Å². The summed E-state index contributed by atoms with van der Waals surface area (Å²) in [5.41, 5.74) is 3.19. The standard InChI is InChI=1S/C15H20N2O3/c18-15(17-9-12-10-19-6-7-20-12)14-3-1-2-11-8-16-5-4-13(11)14/h1-3,12,16H,4-10H2,(H,17,18). The number of ether oxygens (including phenoxy) is 2. The van der Waals surface area contributed by atoms with Gasteiger partial charge in [-0.3, -0.25) is 4.79 Å². The second-order valence-electron chi connectivity index (χ2n) is 5.15. The summed E-state index contributed by atoms with van der Waals surface area (Å²) in [6, 6.07) is 5.93. The quantitative estimate of drug-likeness (QED) is 0.843. The van der Waals surface area contributed by atoms with Crippen LogP contribution in [0.4, 0.5) is 0 Å². The third-order valence-corrected chi connectivity index (χ3v) is 3.76. The van der Waals surface area contributed by atoms with Crippen molar-refractivity contribution in [1.82, 2.24) is 10.6 Å². The minimum absolute atomic E-state index is 0.0158. The van der Waals surface area contributed by atoms with Gasteiger partial charge in [0.15, 0.2) is 0 Å². The van der Waals surface area contributed by atoms with Crippen molar-refractivity contribution in [3.63, 3.8) is 0 Å². The molecule has 0 bridgehead atoms. The number of hydrogen-bond donors (Lipinski definition) is 2. The van der Waals surface area contributed by atoms with E-state index in [0.29, 0.717) is 26.4 Å². The van der Waals surface area contributed by atoms with Crippen molar-refractivity contribution in [3.8, 4) is 0 Å². The minimum Gasteiger partial charge on any atom is -0.376 e. The molecule has 1 atom stereocenters. The summed E-state index contributed by atoms with van der Waals surface area (Å²) in [5.74, 6) is -0.0158. The largest absolute Gasteiger partial charge is 0.376 e. The van der Waals surface area contributed by atoms with Gasteiger partial charge in [-0.15, -0.1) is 0 Å². The molecule has 0 aromatic heterocycles. The highest BCUT2D eigenvalue weighted by molar-refractivity contribution is 5.96. The monoisotopic (exact) mass is 276 g/mol. The van der Waals surface area contributed by atoms with Gasteiger partial charge in [0.2, 0.25) is 0 Å². The van der Waals surface area contributed by atoms with E-state index in [4.69, 9.17) is 9.47 Å². The molecule has 0 radical (unpaired) electrons. The van der Waals surface area contributed by atoms with Crippen LogP contribution in [0.25, 0.3) is 0 Å². The molecule has 0 aliphatic carbocycles. The highest BCUT2D eigenvalue weighted by Gasteiger charge is 2.19. The highest BCUT2D eigenvalue weighted by atomic mass is 16.6. The number of amides is 1. The van der Waals surface area contributed by atoms with Crippen LogP contribution in [-0.2, 0) is 22.4 Å². The van der Waals surface area contributed by atoms with Crippen molar-refractivity contribution < 1.29 is 14.3 Å². The number of rotatable bonds is 3. The normalized spacial score (nSPS) is 22.1. The topological polar surface area (TPSA) is 59.6 Å². The molecule has 1 unspecified atom stereocenters. The minimum atomic E-state index is -0.0334. The Balaban J connectivity index is 1.64. The Morgan fingerprint density at radius 2 is 2.35 bits per heavy atom. The lowest BCUT2D eigenvalue weighted by Crippen LogP contribution is -2.40. The van der Waals surface area contributed by atoms with E-state index >= 15 is 0 Å². The molecule has 1 fully saturated rings. The second-order valence-corrected chi connectivity index (χ2v) is 5.15.